The molecule has 0 fully saturated rings. The van der Waals surface area contributed by atoms with Crippen molar-refractivity contribution in [2.45, 2.75) is 32.6 Å². The van der Waals surface area contributed by atoms with Gasteiger partial charge in [-0.2, -0.15) is 0 Å². The van der Waals surface area contributed by atoms with Crippen LogP contribution in [0.5, 0.6) is 11.5 Å². The highest BCUT2D eigenvalue weighted by atomic mass is 32.1. The summed E-state index contributed by atoms with van der Waals surface area (Å²) >= 11 is 1.55. The topological polar surface area (TPSA) is 57.4 Å². The summed E-state index contributed by atoms with van der Waals surface area (Å²) in [5.41, 5.74) is 7.97. The van der Waals surface area contributed by atoms with Crippen LogP contribution in [0.15, 0.2) is 18.2 Å². The van der Waals surface area contributed by atoms with Gasteiger partial charge in [0, 0.05) is 17.4 Å². The van der Waals surface area contributed by atoms with E-state index in [1.165, 1.54) is 0 Å². The molecular weight excluding hydrogens is 284 g/mol. The number of hydrogen-bond acceptors (Lipinski definition) is 5. The van der Waals surface area contributed by atoms with Gasteiger partial charge < -0.3 is 15.2 Å². The van der Waals surface area contributed by atoms with E-state index in [-0.39, 0.29) is 5.41 Å². The smallest absolute Gasteiger partial charge is 0.161 e. The summed E-state index contributed by atoms with van der Waals surface area (Å²) in [6.07, 6.45) is 0.900. The number of aromatic nitrogens is 1. The Hall–Kier alpha value is -1.75. The monoisotopic (exact) mass is 304 g/mol. The Bertz CT molecular complexity index is 659. The maximum absolute atomic E-state index is 6.16. The molecule has 1 aliphatic rings. The molecule has 3 rings (SSSR count). The first-order chi connectivity index (χ1) is 9.95. The fourth-order valence-corrected chi connectivity index (χ4v) is 3.08. The van der Waals surface area contributed by atoms with Gasteiger partial charge in [-0.05, 0) is 18.2 Å². The summed E-state index contributed by atoms with van der Waals surface area (Å²) in [5, 5.41) is 1.79. The van der Waals surface area contributed by atoms with Gasteiger partial charge in [-0.1, -0.05) is 20.8 Å². The van der Waals surface area contributed by atoms with Crippen molar-refractivity contribution in [3.05, 3.63) is 23.2 Å². The first kappa shape index (κ1) is 14.2. The van der Waals surface area contributed by atoms with Crippen LogP contribution in [-0.2, 0) is 5.41 Å². The number of hydrogen-bond donors (Lipinski definition) is 1. The number of rotatable bonds is 1. The molecule has 112 valence electrons. The molecule has 21 heavy (non-hydrogen) atoms. The predicted molar refractivity (Wildman–Crippen MR) is 86.3 cm³/mol. The second-order valence-electron chi connectivity index (χ2n) is 6.19. The Kier molecular flexibility index (Phi) is 3.53. The maximum atomic E-state index is 6.16. The molecule has 4 nitrogen and oxygen atoms in total. The van der Waals surface area contributed by atoms with Crippen molar-refractivity contribution in [2.24, 2.45) is 0 Å². The molecule has 1 aromatic heterocycles. The molecular formula is C16H20N2O2S. The lowest BCUT2D eigenvalue weighted by molar-refractivity contribution is 0.297. The fraction of sp³-hybridized carbons (Fsp3) is 0.438. The lowest BCUT2D eigenvalue weighted by atomic mass is 9.98. The molecule has 0 radical (unpaired) electrons. The van der Waals surface area contributed by atoms with Crippen molar-refractivity contribution in [2.75, 3.05) is 18.9 Å². The Labute approximate surface area is 128 Å². The average Bonchev–Trinajstić information content (AvgIpc) is 2.68. The average molecular weight is 304 g/mol. The van der Waals surface area contributed by atoms with Crippen LogP contribution in [-0.4, -0.2) is 18.2 Å². The van der Waals surface area contributed by atoms with Crippen LogP contribution in [0.1, 0.15) is 32.2 Å². The Morgan fingerprint density at radius 2 is 1.86 bits per heavy atom. The summed E-state index contributed by atoms with van der Waals surface area (Å²) in [6.45, 7) is 7.80. The molecule has 1 aliphatic heterocycles. The zero-order valence-electron chi connectivity index (χ0n) is 12.6. The molecule has 1 aromatic carbocycles. The molecule has 0 saturated heterocycles. The van der Waals surface area contributed by atoms with Crippen LogP contribution in [0.4, 0.5) is 5.00 Å². The van der Waals surface area contributed by atoms with Crippen LogP contribution in [0.2, 0.25) is 0 Å². The summed E-state index contributed by atoms with van der Waals surface area (Å²) in [7, 11) is 0. The van der Waals surface area contributed by atoms with E-state index in [1.807, 2.05) is 18.2 Å². The Balaban J connectivity index is 2.01. The molecule has 0 amide bonds. The summed E-state index contributed by atoms with van der Waals surface area (Å²) < 4.78 is 11.4. The number of benzene rings is 1. The first-order valence-corrected chi connectivity index (χ1v) is 7.93. The lowest BCUT2D eigenvalue weighted by Crippen LogP contribution is -2.10. The zero-order valence-corrected chi connectivity index (χ0v) is 13.4. The minimum atomic E-state index is 0.00232. The van der Waals surface area contributed by atoms with Crippen LogP contribution in [0, 0.1) is 0 Å². The number of ether oxygens (including phenoxy) is 2. The second kappa shape index (κ2) is 5.22. The third-order valence-electron chi connectivity index (χ3n) is 3.32. The van der Waals surface area contributed by atoms with E-state index in [9.17, 15) is 0 Å². The van der Waals surface area contributed by atoms with Crippen molar-refractivity contribution >= 4 is 16.3 Å². The van der Waals surface area contributed by atoms with Gasteiger partial charge in [0.05, 0.1) is 13.2 Å². The highest BCUT2D eigenvalue weighted by Crippen LogP contribution is 2.39. The Morgan fingerprint density at radius 1 is 1.14 bits per heavy atom. The fourth-order valence-electron chi connectivity index (χ4n) is 2.17. The molecule has 2 aromatic rings. The van der Waals surface area contributed by atoms with E-state index in [0.717, 1.165) is 39.2 Å². The maximum Gasteiger partial charge on any atom is 0.161 e. The van der Waals surface area contributed by atoms with Gasteiger partial charge >= 0.3 is 0 Å². The minimum Gasteiger partial charge on any atom is -0.490 e. The van der Waals surface area contributed by atoms with Crippen LogP contribution in [0.3, 0.4) is 0 Å². The van der Waals surface area contributed by atoms with Crippen molar-refractivity contribution in [3.8, 4) is 22.8 Å². The molecule has 2 N–H and O–H groups in total. The summed E-state index contributed by atoms with van der Waals surface area (Å²) in [4.78, 5) is 4.72. The van der Waals surface area contributed by atoms with Gasteiger partial charge in [0.25, 0.3) is 0 Å². The van der Waals surface area contributed by atoms with E-state index in [1.54, 1.807) is 11.3 Å². The quantitative estimate of drug-likeness (QED) is 0.869. The van der Waals surface area contributed by atoms with Gasteiger partial charge in [-0.25, -0.2) is 4.98 Å². The number of nitrogens with two attached hydrogens (primary N) is 1. The van der Waals surface area contributed by atoms with Crippen LogP contribution in [0.25, 0.3) is 11.3 Å². The van der Waals surface area contributed by atoms with Gasteiger partial charge in [0.2, 0.25) is 0 Å². The summed E-state index contributed by atoms with van der Waals surface area (Å²) in [6, 6.07) is 5.90. The number of thiazole rings is 1. The van der Waals surface area contributed by atoms with E-state index in [4.69, 9.17) is 20.2 Å². The third kappa shape index (κ3) is 2.83. The Morgan fingerprint density at radius 3 is 2.52 bits per heavy atom. The summed E-state index contributed by atoms with van der Waals surface area (Å²) in [5.74, 6) is 1.57. The van der Waals surface area contributed by atoms with Crippen molar-refractivity contribution < 1.29 is 9.47 Å². The molecule has 0 atom stereocenters. The third-order valence-corrected chi connectivity index (χ3v) is 4.63. The van der Waals surface area contributed by atoms with Gasteiger partial charge in [0.15, 0.2) is 11.5 Å². The standard InChI is InChI=1S/C16H20N2O2S/c1-16(2,3)15-18-13(14(17)21-15)10-5-6-11-12(9-10)20-8-4-7-19-11/h5-6,9H,4,7-8,17H2,1-3H3. The largest absolute Gasteiger partial charge is 0.490 e. The van der Waals surface area contributed by atoms with Gasteiger partial charge in [-0.3, -0.25) is 0 Å². The van der Waals surface area contributed by atoms with Gasteiger partial charge in [0.1, 0.15) is 15.7 Å². The highest BCUT2D eigenvalue weighted by Gasteiger charge is 2.22. The van der Waals surface area contributed by atoms with E-state index >= 15 is 0 Å². The molecule has 0 aliphatic carbocycles. The molecule has 0 spiro atoms. The zero-order chi connectivity index (χ0) is 15.0. The van der Waals surface area contributed by atoms with Crippen molar-refractivity contribution in [1.82, 2.24) is 4.98 Å². The van der Waals surface area contributed by atoms with E-state index in [0.29, 0.717) is 13.2 Å². The molecule has 0 saturated carbocycles. The molecule has 0 bridgehead atoms. The number of anilines is 1. The minimum absolute atomic E-state index is 0.00232. The number of nitrogen functional groups attached to an aromatic ring is 1. The van der Waals surface area contributed by atoms with E-state index < -0.39 is 0 Å². The lowest BCUT2D eigenvalue weighted by Gasteiger charge is -2.13. The predicted octanol–water partition coefficient (Wildman–Crippen LogP) is 3.85. The van der Waals surface area contributed by atoms with Gasteiger partial charge in [-0.15, -0.1) is 11.3 Å². The van der Waals surface area contributed by atoms with Crippen LogP contribution >= 0.6 is 11.3 Å². The SMILES string of the molecule is CC(C)(C)c1nc(-c2ccc3c(c2)OCCCO3)c(N)s1. The second-order valence-corrected chi connectivity index (χ2v) is 7.22. The van der Waals surface area contributed by atoms with Crippen molar-refractivity contribution in [3.63, 3.8) is 0 Å². The first-order valence-electron chi connectivity index (χ1n) is 7.12. The van der Waals surface area contributed by atoms with E-state index in [2.05, 4.69) is 20.8 Å². The molecule has 0 unspecified atom stereocenters. The van der Waals surface area contributed by atoms with Crippen LogP contribution < -0.4 is 15.2 Å². The normalized spacial score (nSPS) is 14.8. The number of fused-ring (bicyclic) bond motifs is 1. The highest BCUT2D eigenvalue weighted by molar-refractivity contribution is 7.16. The molecule has 2 heterocycles. The molecule has 5 heteroatoms. The number of nitrogens with zero attached hydrogens (tertiary/aromatic N) is 1. The van der Waals surface area contributed by atoms with Crippen molar-refractivity contribution in [1.29, 1.82) is 0 Å².